The van der Waals surface area contributed by atoms with E-state index < -0.39 is 0 Å². The van der Waals surface area contributed by atoms with Crippen LogP contribution in [0.25, 0.3) is 0 Å². The van der Waals surface area contributed by atoms with Gasteiger partial charge in [-0.05, 0) is 43.7 Å². The lowest BCUT2D eigenvalue weighted by molar-refractivity contribution is 0.181. The smallest absolute Gasteiger partial charge is 0.191 e. The van der Waals surface area contributed by atoms with Gasteiger partial charge in [-0.15, -0.1) is 35.3 Å². The van der Waals surface area contributed by atoms with Crippen LogP contribution < -0.4 is 10.6 Å². The van der Waals surface area contributed by atoms with Crippen LogP contribution in [0.5, 0.6) is 0 Å². The molecule has 1 aromatic heterocycles. The molecule has 4 nitrogen and oxygen atoms in total. The number of halogens is 2. The highest BCUT2D eigenvalue weighted by atomic mass is 127. The SMILES string of the molecule is CCNC(=NCc1ccc(F)c(COC)c1)NCc1ccc(C)s1.I. The highest BCUT2D eigenvalue weighted by molar-refractivity contribution is 14.0. The molecule has 7 heteroatoms. The molecule has 0 aliphatic rings. The van der Waals surface area contributed by atoms with Crippen molar-refractivity contribution >= 4 is 41.3 Å². The van der Waals surface area contributed by atoms with Gasteiger partial charge < -0.3 is 15.4 Å². The van der Waals surface area contributed by atoms with Gasteiger partial charge >= 0.3 is 0 Å². The number of ether oxygens (including phenoxy) is 1. The Hall–Kier alpha value is -1.19. The summed E-state index contributed by atoms with van der Waals surface area (Å²) < 4.78 is 18.7. The van der Waals surface area contributed by atoms with Gasteiger partial charge in [-0.3, -0.25) is 0 Å². The molecule has 0 aliphatic carbocycles. The quantitative estimate of drug-likeness (QED) is 0.357. The standard InChI is InChI=1S/C18H24FN3OS.HI/c1-4-20-18(22-11-16-7-5-13(2)24-16)21-10-14-6-8-17(19)15(9-14)12-23-3;/h5-9H,4,10-12H2,1-3H3,(H2,20,21,22);1H. The number of thiophene rings is 1. The fourth-order valence-corrected chi connectivity index (χ4v) is 3.09. The maximum Gasteiger partial charge on any atom is 0.191 e. The number of aryl methyl sites for hydroxylation is 1. The van der Waals surface area contributed by atoms with Gasteiger partial charge in [0.2, 0.25) is 0 Å². The predicted molar refractivity (Wildman–Crippen MR) is 113 cm³/mol. The van der Waals surface area contributed by atoms with Crippen molar-refractivity contribution in [3.05, 3.63) is 57.0 Å². The molecule has 138 valence electrons. The fourth-order valence-electron chi connectivity index (χ4n) is 2.26. The number of methoxy groups -OCH3 is 1. The van der Waals surface area contributed by atoms with Crippen molar-refractivity contribution in [3.63, 3.8) is 0 Å². The van der Waals surface area contributed by atoms with Crippen molar-refractivity contribution in [1.82, 2.24) is 10.6 Å². The molecular weight excluding hydrogens is 452 g/mol. The second-order valence-corrected chi connectivity index (χ2v) is 6.79. The Kier molecular flexibility index (Phi) is 9.99. The number of benzene rings is 1. The number of nitrogens with one attached hydrogen (secondary N) is 2. The van der Waals surface area contributed by atoms with E-state index >= 15 is 0 Å². The van der Waals surface area contributed by atoms with Crippen molar-refractivity contribution in [3.8, 4) is 0 Å². The van der Waals surface area contributed by atoms with E-state index in [2.05, 4.69) is 34.7 Å². The second kappa shape index (κ2) is 11.4. The molecule has 2 N–H and O–H groups in total. The molecule has 2 rings (SSSR count). The lowest BCUT2D eigenvalue weighted by Crippen LogP contribution is -2.36. The van der Waals surface area contributed by atoms with Gasteiger partial charge in [0.25, 0.3) is 0 Å². The zero-order valence-corrected chi connectivity index (χ0v) is 17.9. The third-order valence-electron chi connectivity index (χ3n) is 3.40. The van der Waals surface area contributed by atoms with E-state index in [9.17, 15) is 4.39 Å². The highest BCUT2D eigenvalue weighted by Gasteiger charge is 2.04. The van der Waals surface area contributed by atoms with Crippen molar-refractivity contribution in [2.45, 2.75) is 33.5 Å². The molecule has 1 heterocycles. The van der Waals surface area contributed by atoms with Gasteiger partial charge in [-0.25, -0.2) is 9.38 Å². The first-order chi connectivity index (χ1) is 11.6. The third kappa shape index (κ3) is 7.29. The van der Waals surface area contributed by atoms with Gasteiger partial charge in [-0.1, -0.05) is 6.07 Å². The second-order valence-electron chi connectivity index (χ2n) is 5.42. The first-order valence-electron chi connectivity index (χ1n) is 7.96. The molecule has 0 bridgehead atoms. The molecule has 25 heavy (non-hydrogen) atoms. The summed E-state index contributed by atoms with van der Waals surface area (Å²) in [6.07, 6.45) is 0. The van der Waals surface area contributed by atoms with E-state index in [-0.39, 0.29) is 36.4 Å². The summed E-state index contributed by atoms with van der Waals surface area (Å²) in [5.41, 5.74) is 1.50. The summed E-state index contributed by atoms with van der Waals surface area (Å²) in [5, 5.41) is 6.55. The predicted octanol–water partition coefficient (Wildman–Crippen LogP) is 4.22. The summed E-state index contributed by atoms with van der Waals surface area (Å²) in [5.74, 6) is 0.504. The van der Waals surface area contributed by atoms with E-state index in [1.54, 1.807) is 30.6 Å². The van der Waals surface area contributed by atoms with Gasteiger partial charge in [0.1, 0.15) is 5.82 Å². The first kappa shape index (κ1) is 21.9. The number of rotatable bonds is 7. The van der Waals surface area contributed by atoms with Gasteiger partial charge in [0.05, 0.1) is 19.7 Å². The topological polar surface area (TPSA) is 45.7 Å². The Morgan fingerprint density at radius 2 is 2.04 bits per heavy atom. The van der Waals surface area contributed by atoms with Crippen molar-refractivity contribution < 1.29 is 9.13 Å². The van der Waals surface area contributed by atoms with Crippen molar-refractivity contribution in [2.24, 2.45) is 4.99 Å². The maximum atomic E-state index is 13.6. The van der Waals surface area contributed by atoms with E-state index in [1.807, 2.05) is 6.92 Å². The molecule has 0 spiro atoms. The fraction of sp³-hybridized carbons (Fsp3) is 0.389. The molecule has 0 radical (unpaired) electrons. The van der Waals surface area contributed by atoms with E-state index in [1.165, 1.54) is 15.8 Å². The largest absolute Gasteiger partial charge is 0.380 e. The zero-order chi connectivity index (χ0) is 17.4. The molecule has 0 unspecified atom stereocenters. The van der Waals surface area contributed by atoms with Crippen LogP contribution in [0.3, 0.4) is 0 Å². The Morgan fingerprint density at radius 3 is 2.68 bits per heavy atom. The summed E-state index contributed by atoms with van der Waals surface area (Å²) >= 11 is 1.77. The van der Waals surface area contributed by atoms with Crippen molar-refractivity contribution in [2.75, 3.05) is 13.7 Å². The van der Waals surface area contributed by atoms with Crippen LogP contribution in [0.1, 0.15) is 27.8 Å². The van der Waals surface area contributed by atoms with E-state index in [4.69, 9.17) is 4.74 Å². The number of guanidine groups is 1. The monoisotopic (exact) mass is 477 g/mol. The molecule has 0 saturated heterocycles. The number of hydrogen-bond acceptors (Lipinski definition) is 3. The Labute approximate surface area is 169 Å². The van der Waals surface area contributed by atoms with E-state index in [0.29, 0.717) is 12.1 Å². The summed E-state index contributed by atoms with van der Waals surface area (Å²) in [7, 11) is 1.56. The van der Waals surface area contributed by atoms with Crippen LogP contribution in [-0.4, -0.2) is 19.6 Å². The number of nitrogens with zero attached hydrogens (tertiary/aromatic N) is 1. The molecule has 1 aromatic carbocycles. The number of hydrogen-bond donors (Lipinski definition) is 2. The van der Waals surface area contributed by atoms with E-state index in [0.717, 1.165) is 24.6 Å². The number of aliphatic imine (C=N–C) groups is 1. The lowest BCUT2D eigenvalue weighted by atomic mass is 10.1. The molecule has 0 fully saturated rings. The highest BCUT2D eigenvalue weighted by Crippen LogP contribution is 2.15. The molecule has 0 atom stereocenters. The molecule has 0 amide bonds. The van der Waals surface area contributed by atoms with Crippen LogP contribution >= 0.6 is 35.3 Å². The lowest BCUT2D eigenvalue weighted by Gasteiger charge is -2.11. The van der Waals surface area contributed by atoms with Crippen LogP contribution in [0.4, 0.5) is 4.39 Å². The van der Waals surface area contributed by atoms with Gasteiger partial charge in [0, 0.05) is 29.0 Å². The zero-order valence-electron chi connectivity index (χ0n) is 14.8. The average molecular weight is 477 g/mol. The van der Waals surface area contributed by atoms with Crippen molar-refractivity contribution in [1.29, 1.82) is 0 Å². The summed E-state index contributed by atoms with van der Waals surface area (Å²) in [6.45, 7) is 6.40. The van der Waals surface area contributed by atoms with Crippen LogP contribution in [0.15, 0.2) is 35.3 Å². The minimum absolute atomic E-state index is 0. The molecular formula is C18H25FIN3OS. The first-order valence-corrected chi connectivity index (χ1v) is 8.77. The Morgan fingerprint density at radius 1 is 1.24 bits per heavy atom. The minimum Gasteiger partial charge on any atom is -0.380 e. The third-order valence-corrected chi connectivity index (χ3v) is 4.40. The Balaban J connectivity index is 0.00000312. The average Bonchev–Trinajstić information content (AvgIpc) is 2.98. The molecule has 0 saturated carbocycles. The van der Waals surface area contributed by atoms with Crippen LogP contribution in [-0.2, 0) is 24.4 Å². The van der Waals surface area contributed by atoms with Gasteiger partial charge in [0.15, 0.2) is 5.96 Å². The Bertz CT molecular complexity index is 691. The summed E-state index contributed by atoms with van der Waals surface area (Å²) in [6, 6.07) is 9.25. The molecule has 2 aromatic rings. The normalized spacial score (nSPS) is 11.1. The minimum atomic E-state index is -0.248. The molecule has 0 aliphatic heterocycles. The maximum absolute atomic E-state index is 13.6. The summed E-state index contributed by atoms with van der Waals surface area (Å²) in [4.78, 5) is 7.14. The van der Waals surface area contributed by atoms with Crippen LogP contribution in [0, 0.1) is 12.7 Å². The van der Waals surface area contributed by atoms with Gasteiger partial charge in [-0.2, -0.15) is 0 Å². The van der Waals surface area contributed by atoms with Crippen LogP contribution in [0.2, 0.25) is 0 Å².